The lowest BCUT2D eigenvalue weighted by Crippen LogP contribution is -2.44. The van der Waals surface area contributed by atoms with Gasteiger partial charge in [0.1, 0.15) is 13.2 Å². The summed E-state index contributed by atoms with van der Waals surface area (Å²) >= 11 is 0. The van der Waals surface area contributed by atoms with Crippen LogP contribution in [-0.4, -0.2) is 82.3 Å². The fraction of sp³-hybridized carbons (Fsp3) is 0.736. The van der Waals surface area contributed by atoms with Crippen LogP contribution in [0.2, 0.25) is 0 Å². The van der Waals surface area contributed by atoms with E-state index in [-0.39, 0.29) is 38.6 Å². The van der Waals surface area contributed by atoms with Gasteiger partial charge in [-0.05, 0) is 96.3 Å². The second-order valence-corrected chi connectivity index (χ2v) is 23.4. The van der Waals surface area contributed by atoms with E-state index in [0.29, 0.717) is 17.4 Å². The highest BCUT2D eigenvalue weighted by molar-refractivity contribution is 5.70. The molecule has 2 atom stereocenters. The lowest BCUT2D eigenvalue weighted by molar-refractivity contribution is -0.870. The Bertz CT molecular complexity index is 1650. The zero-order valence-corrected chi connectivity index (χ0v) is 53.1. The summed E-state index contributed by atoms with van der Waals surface area (Å²) in [5, 5.41) is 11.8. The normalized spacial score (nSPS) is 13.3. The molecule has 466 valence electrons. The van der Waals surface area contributed by atoms with E-state index in [2.05, 4.69) is 111 Å². The van der Waals surface area contributed by atoms with Crippen LogP contribution in [0.5, 0.6) is 0 Å². The van der Waals surface area contributed by atoms with Crippen molar-refractivity contribution in [1.82, 2.24) is 0 Å². The highest BCUT2D eigenvalue weighted by atomic mass is 16.7. The van der Waals surface area contributed by atoms with Crippen LogP contribution in [0.15, 0.2) is 97.2 Å². The van der Waals surface area contributed by atoms with Crippen LogP contribution in [0, 0.1) is 0 Å². The average Bonchev–Trinajstić information content (AvgIpc) is 3.44. The van der Waals surface area contributed by atoms with E-state index in [1.807, 2.05) is 21.1 Å². The van der Waals surface area contributed by atoms with E-state index in [1.165, 1.54) is 161 Å². The van der Waals surface area contributed by atoms with Crippen LogP contribution in [0.4, 0.5) is 0 Å². The molecule has 0 aromatic rings. The number of allylic oxidation sites excluding steroid dienone is 16. The third kappa shape index (κ3) is 63.6. The molecule has 0 rings (SSSR count). The maximum Gasteiger partial charge on any atom is 0.306 e. The molecule has 0 aromatic heterocycles. The standard InChI is InChI=1S/C72H125NO8/c1-6-8-10-12-14-16-18-20-22-24-26-28-30-32-34-35-37-38-40-42-44-46-48-50-52-54-56-58-60-62-69(74)79-66-68(67-80-72(71(76)77)78-65-64-73(3,4)5)81-70(75)63-61-59-57-55-53-51-49-47-45-43-41-39-36-33-31-29-27-25-23-21-19-17-15-13-11-9-7-2/h9,11,15,17-18,20-21,23-24,26-27,29-30,32-33,36,68,72H,6-8,10,12-14,16,19,22,25,28,31,34-35,37-67H2,1-5H3/b11-9-,17-15-,20-18-,23-21-,26-24-,29-27-,32-30-,36-33-. The molecule has 0 amide bonds. The van der Waals surface area contributed by atoms with Crippen LogP contribution in [0.25, 0.3) is 0 Å². The van der Waals surface area contributed by atoms with Crippen LogP contribution < -0.4 is 5.11 Å². The van der Waals surface area contributed by atoms with Gasteiger partial charge in [-0.1, -0.05) is 272 Å². The lowest BCUT2D eigenvalue weighted by atomic mass is 10.0. The monoisotopic (exact) mass is 1130 g/mol. The van der Waals surface area contributed by atoms with E-state index in [0.717, 1.165) is 89.9 Å². The van der Waals surface area contributed by atoms with Gasteiger partial charge in [-0.2, -0.15) is 0 Å². The zero-order valence-electron chi connectivity index (χ0n) is 53.1. The number of hydrogen-bond donors (Lipinski definition) is 0. The largest absolute Gasteiger partial charge is 0.545 e. The van der Waals surface area contributed by atoms with Gasteiger partial charge in [-0.25, -0.2) is 0 Å². The fourth-order valence-corrected chi connectivity index (χ4v) is 9.22. The van der Waals surface area contributed by atoms with Crippen LogP contribution in [-0.2, 0) is 33.3 Å². The molecule has 9 nitrogen and oxygen atoms in total. The van der Waals surface area contributed by atoms with Gasteiger partial charge < -0.3 is 33.3 Å². The van der Waals surface area contributed by atoms with E-state index < -0.39 is 24.3 Å². The molecule has 0 saturated carbocycles. The number of ether oxygens (including phenoxy) is 4. The van der Waals surface area contributed by atoms with Crippen molar-refractivity contribution in [3.05, 3.63) is 97.2 Å². The second-order valence-electron chi connectivity index (χ2n) is 23.4. The van der Waals surface area contributed by atoms with Crippen molar-refractivity contribution in [1.29, 1.82) is 0 Å². The molecule has 0 N–H and O–H groups in total. The first-order valence-corrected chi connectivity index (χ1v) is 33.4. The first kappa shape index (κ1) is 77.2. The van der Waals surface area contributed by atoms with Gasteiger partial charge in [0.15, 0.2) is 12.4 Å². The molecule has 2 unspecified atom stereocenters. The number of aliphatic carboxylic acids is 1. The number of unbranched alkanes of at least 4 members (excludes halogenated alkanes) is 30. The van der Waals surface area contributed by atoms with Gasteiger partial charge in [-0.3, -0.25) is 9.59 Å². The predicted octanol–water partition coefficient (Wildman–Crippen LogP) is 19.1. The summed E-state index contributed by atoms with van der Waals surface area (Å²) in [6.07, 6.45) is 81.8. The number of likely N-dealkylation sites (N-methyl/N-ethyl adjacent to an activating group) is 1. The molecule has 0 bridgehead atoms. The Kier molecular flexibility index (Phi) is 59.3. The lowest BCUT2D eigenvalue weighted by Gasteiger charge is -2.26. The Morgan fingerprint density at radius 2 is 0.704 bits per heavy atom. The van der Waals surface area contributed by atoms with Crippen LogP contribution >= 0.6 is 0 Å². The summed E-state index contributed by atoms with van der Waals surface area (Å²) in [6, 6.07) is 0. The van der Waals surface area contributed by atoms with Crippen molar-refractivity contribution in [2.24, 2.45) is 0 Å². The molecule has 0 fully saturated rings. The van der Waals surface area contributed by atoms with E-state index in [1.54, 1.807) is 0 Å². The number of carboxylic acid groups (broad SMARTS) is 1. The zero-order chi connectivity index (χ0) is 59.1. The average molecular weight is 1130 g/mol. The maximum absolute atomic E-state index is 12.9. The summed E-state index contributed by atoms with van der Waals surface area (Å²) in [7, 11) is 5.93. The summed E-state index contributed by atoms with van der Waals surface area (Å²) in [5.41, 5.74) is 0. The number of carbonyl (C=O) groups is 3. The third-order valence-corrected chi connectivity index (χ3v) is 14.3. The molecule has 0 aliphatic heterocycles. The first-order valence-electron chi connectivity index (χ1n) is 33.4. The number of carboxylic acids is 1. The molecular weight excluding hydrogens is 1010 g/mol. The number of rotatable bonds is 61. The van der Waals surface area contributed by atoms with Crippen molar-refractivity contribution >= 4 is 17.9 Å². The summed E-state index contributed by atoms with van der Waals surface area (Å²) in [4.78, 5) is 37.5. The molecule has 0 heterocycles. The van der Waals surface area contributed by atoms with Crippen molar-refractivity contribution in [3.63, 3.8) is 0 Å². The molecule has 0 aliphatic rings. The number of quaternary nitrogens is 1. The maximum atomic E-state index is 12.9. The molecule has 81 heavy (non-hydrogen) atoms. The second kappa shape index (κ2) is 62.3. The smallest absolute Gasteiger partial charge is 0.306 e. The minimum Gasteiger partial charge on any atom is -0.545 e. The summed E-state index contributed by atoms with van der Waals surface area (Å²) in [6.45, 7) is 4.64. The summed E-state index contributed by atoms with van der Waals surface area (Å²) < 4.78 is 22.8. The number of carbonyl (C=O) groups excluding carboxylic acids is 3. The number of esters is 2. The quantitative estimate of drug-likeness (QED) is 0.0195. The van der Waals surface area contributed by atoms with E-state index in [9.17, 15) is 19.5 Å². The molecule has 9 heteroatoms. The molecule has 0 saturated heterocycles. The minimum absolute atomic E-state index is 0.144. The molecule has 0 aromatic carbocycles. The molecule has 0 radical (unpaired) electrons. The first-order chi connectivity index (χ1) is 39.6. The highest BCUT2D eigenvalue weighted by Gasteiger charge is 2.22. The van der Waals surface area contributed by atoms with Crippen LogP contribution in [0.3, 0.4) is 0 Å². The molecule has 0 spiro atoms. The Morgan fingerprint density at radius 1 is 0.383 bits per heavy atom. The van der Waals surface area contributed by atoms with Gasteiger partial charge in [0.25, 0.3) is 0 Å². The molecule has 0 aliphatic carbocycles. The summed E-state index contributed by atoms with van der Waals surface area (Å²) in [5.74, 6) is -2.28. The van der Waals surface area contributed by atoms with Crippen molar-refractivity contribution in [3.8, 4) is 0 Å². The SMILES string of the molecule is CC/C=C\C/C=C\C/C=C\C/C=C\C/C=C\CCCCCCCCCCCCCC(=O)OC(COC(=O)CCCCCCCCCCCCCCCC/C=C\C/C=C\C/C=C\CCCCCCC)COC(OCC[N+](C)(C)C)C(=O)[O-]. The van der Waals surface area contributed by atoms with Gasteiger partial charge in [0, 0.05) is 12.8 Å². The highest BCUT2D eigenvalue weighted by Crippen LogP contribution is 2.17. The van der Waals surface area contributed by atoms with Gasteiger partial charge in [0.2, 0.25) is 0 Å². The van der Waals surface area contributed by atoms with Crippen molar-refractivity contribution in [2.75, 3.05) is 47.5 Å². The topological polar surface area (TPSA) is 111 Å². The van der Waals surface area contributed by atoms with E-state index in [4.69, 9.17) is 18.9 Å². The van der Waals surface area contributed by atoms with Crippen LogP contribution in [0.1, 0.15) is 284 Å². The Labute approximate surface area is 499 Å². The fourth-order valence-electron chi connectivity index (χ4n) is 9.22. The number of nitrogens with zero attached hydrogens (tertiary/aromatic N) is 1. The van der Waals surface area contributed by atoms with Gasteiger partial charge >= 0.3 is 11.9 Å². The van der Waals surface area contributed by atoms with E-state index >= 15 is 0 Å². The van der Waals surface area contributed by atoms with Gasteiger partial charge in [0.05, 0.1) is 40.3 Å². The Hall–Kier alpha value is -3.79. The Balaban J connectivity index is 4.16. The van der Waals surface area contributed by atoms with Crippen molar-refractivity contribution in [2.45, 2.75) is 296 Å². The van der Waals surface area contributed by atoms with Gasteiger partial charge in [-0.15, -0.1) is 0 Å². The predicted molar refractivity (Wildman–Crippen MR) is 343 cm³/mol. The molecular formula is C72H125NO8. The Morgan fingerprint density at radius 3 is 1.05 bits per heavy atom. The third-order valence-electron chi connectivity index (χ3n) is 14.3. The van der Waals surface area contributed by atoms with Crippen molar-refractivity contribution < 1.29 is 42.9 Å². The number of hydrogen-bond acceptors (Lipinski definition) is 8. The minimum atomic E-state index is -1.63.